The molecule has 0 radical (unpaired) electrons. The van der Waals surface area contributed by atoms with Gasteiger partial charge in [0, 0.05) is 17.4 Å². The van der Waals surface area contributed by atoms with E-state index in [4.69, 9.17) is 9.97 Å². The molecule has 0 saturated heterocycles. The number of aromatic nitrogens is 4. The Hall–Kier alpha value is -3.52. The Kier molecular flexibility index (Phi) is 5.45. The summed E-state index contributed by atoms with van der Waals surface area (Å²) in [5.41, 5.74) is 4.22. The van der Waals surface area contributed by atoms with Crippen molar-refractivity contribution in [3.05, 3.63) is 66.1 Å². The fourth-order valence-corrected chi connectivity index (χ4v) is 4.20. The zero-order valence-electron chi connectivity index (χ0n) is 17.8. The molecule has 0 unspecified atom stereocenters. The molecule has 0 bridgehead atoms. The normalized spacial score (nSPS) is 18.6. The molecule has 4 aromatic rings. The number of fused-ring (bicyclic) bond motifs is 1. The lowest BCUT2D eigenvalue weighted by atomic mass is 9.93. The van der Waals surface area contributed by atoms with Crippen LogP contribution >= 0.6 is 0 Å². The summed E-state index contributed by atoms with van der Waals surface area (Å²) in [6.45, 7) is 2.05. The molecule has 2 heterocycles. The molecule has 1 saturated carbocycles. The van der Waals surface area contributed by atoms with Crippen molar-refractivity contribution in [2.45, 2.75) is 44.8 Å². The number of aryl methyl sites for hydroxylation is 1. The van der Waals surface area contributed by atoms with E-state index in [9.17, 15) is 9.50 Å². The van der Waals surface area contributed by atoms with Crippen molar-refractivity contribution < 1.29 is 9.50 Å². The minimum Gasteiger partial charge on any atom is -0.393 e. The van der Waals surface area contributed by atoms with E-state index in [0.717, 1.165) is 42.6 Å². The summed E-state index contributed by atoms with van der Waals surface area (Å²) in [5.74, 6) is 0.837. The lowest BCUT2D eigenvalue weighted by Crippen LogP contribution is -2.22. The number of aliphatic hydroxyl groups is 1. The van der Waals surface area contributed by atoms with Crippen LogP contribution in [0.15, 0.2) is 54.7 Å². The Morgan fingerprint density at radius 1 is 0.969 bits per heavy atom. The van der Waals surface area contributed by atoms with Gasteiger partial charge in [0.15, 0.2) is 5.65 Å². The van der Waals surface area contributed by atoms with Crippen molar-refractivity contribution >= 4 is 34.4 Å². The first kappa shape index (κ1) is 20.4. The van der Waals surface area contributed by atoms with Crippen LogP contribution in [-0.2, 0) is 0 Å². The highest BCUT2D eigenvalue weighted by Gasteiger charge is 2.26. The molecule has 0 aliphatic heterocycles. The predicted octanol–water partition coefficient (Wildman–Crippen LogP) is 5.24. The molecule has 1 fully saturated rings. The number of benzene rings is 2. The van der Waals surface area contributed by atoms with Gasteiger partial charge in [0.2, 0.25) is 11.9 Å². The van der Waals surface area contributed by atoms with Gasteiger partial charge in [-0.2, -0.15) is 4.98 Å². The van der Waals surface area contributed by atoms with Crippen molar-refractivity contribution in [3.8, 4) is 0 Å². The number of aliphatic hydroxyl groups excluding tert-OH is 1. The number of halogens is 1. The van der Waals surface area contributed by atoms with Crippen molar-refractivity contribution in [1.29, 1.82) is 0 Å². The minimum absolute atomic E-state index is 0.170. The average molecular weight is 433 g/mol. The molecule has 0 amide bonds. The van der Waals surface area contributed by atoms with Crippen LogP contribution in [0.4, 0.5) is 27.7 Å². The van der Waals surface area contributed by atoms with Gasteiger partial charge in [0.05, 0.1) is 12.3 Å². The van der Waals surface area contributed by atoms with Gasteiger partial charge in [0.25, 0.3) is 0 Å². The summed E-state index contributed by atoms with van der Waals surface area (Å²) >= 11 is 0. The van der Waals surface area contributed by atoms with Gasteiger partial charge < -0.3 is 15.7 Å². The summed E-state index contributed by atoms with van der Waals surface area (Å²) in [6, 6.07) is 14.3. The first-order chi connectivity index (χ1) is 15.6. The van der Waals surface area contributed by atoms with E-state index in [1.807, 2.05) is 18.2 Å². The largest absolute Gasteiger partial charge is 0.393 e. The molecule has 0 atom stereocenters. The maximum atomic E-state index is 13.2. The van der Waals surface area contributed by atoms with Crippen molar-refractivity contribution in [3.63, 3.8) is 0 Å². The van der Waals surface area contributed by atoms with Gasteiger partial charge in [-0.1, -0.05) is 18.2 Å². The molecule has 5 rings (SSSR count). The fourth-order valence-electron chi connectivity index (χ4n) is 4.20. The third-order valence-electron chi connectivity index (χ3n) is 5.96. The number of anilines is 4. The highest BCUT2D eigenvalue weighted by Crippen LogP contribution is 2.35. The Bertz CT molecular complexity index is 1230. The number of para-hydroxylation sites is 1. The summed E-state index contributed by atoms with van der Waals surface area (Å²) in [4.78, 5) is 13.9. The highest BCUT2D eigenvalue weighted by molar-refractivity contribution is 5.77. The van der Waals surface area contributed by atoms with Gasteiger partial charge in [-0.05, 0) is 68.5 Å². The molecule has 0 spiro atoms. The Labute approximate surface area is 185 Å². The van der Waals surface area contributed by atoms with E-state index in [0.29, 0.717) is 23.1 Å². The first-order valence-corrected chi connectivity index (χ1v) is 10.8. The molecular formula is C24H25FN6O. The van der Waals surface area contributed by atoms with Gasteiger partial charge in [0.1, 0.15) is 11.3 Å². The van der Waals surface area contributed by atoms with Crippen molar-refractivity contribution in [2.75, 3.05) is 10.6 Å². The molecule has 2 aromatic carbocycles. The van der Waals surface area contributed by atoms with Crippen LogP contribution in [0, 0.1) is 12.7 Å². The topological polar surface area (TPSA) is 87.9 Å². The van der Waals surface area contributed by atoms with Gasteiger partial charge in [-0.3, -0.25) is 4.57 Å². The van der Waals surface area contributed by atoms with Crippen LogP contribution in [-0.4, -0.2) is 30.7 Å². The van der Waals surface area contributed by atoms with Crippen LogP contribution in [0.2, 0.25) is 0 Å². The van der Waals surface area contributed by atoms with Crippen LogP contribution in [0.25, 0.3) is 11.2 Å². The number of hydrogen-bond acceptors (Lipinski definition) is 6. The van der Waals surface area contributed by atoms with Crippen LogP contribution in [0.3, 0.4) is 0 Å². The molecule has 32 heavy (non-hydrogen) atoms. The summed E-state index contributed by atoms with van der Waals surface area (Å²) in [6.07, 6.45) is 4.64. The van der Waals surface area contributed by atoms with E-state index >= 15 is 0 Å². The lowest BCUT2D eigenvalue weighted by Gasteiger charge is -2.28. The zero-order chi connectivity index (χ0) is 22.1. The smallest absolute Gasteiger partial charge is 0.229 e. The van der Waals surface area contributed by atoms with Crippen molar-refractivity contribution in [1.82, 2.24) is 19.5 Å². The molecule has 2 aromatic heterocycles. The van der Waals surface area contributed by atoms with E-state index < -0.39 is 0 Å². The summed E-state index contributed by atoms with van der Waals surface area (Å²) < 4.78 is 15.4. The van der Waals surface area contributed by atoms with Gasteiger partial charge in [-0.25, -0.2) is 14.4 Å². The third-order valence-corrected chi connectivity index (χ3v) is 5.96. The number of nitrogens with one attached hydrogen (secondary N) is 2. The number of imidazole rings is 1. The second kappa shape index (κ2) is 8.55. The van der Waals surface area contributed by atoms with Crippen LogP contribution in [0.1, 0.15) is 37.3 Å². The average Bonchev–Trinajstić information content (AvgIpc) is 3.15. The maximum Gasteiger partial charge on any atom is 0.229 e. The summed E-state index contributed by atoms with van der Waals surface area (Å²) in [5, 5.41) is 16.6. The minimum atomic E-state index is -0.295. The second-order valence-corrected chi connectivity index (χ2v) is 8.24. The molecular weight excluding hydrogens is 407 g/mol. The highest BCUT2D eigenvalue weighted by atomic mass is 19.1. The van der Waals surface area contributed by atoms with Crippen LogP contribution < -0.4 is 10.6 Å². The van der Waals surface area contributed by atoms with Gasteiger partial charge >= 0.3 is 0 Å². The molecule has 164 valence electrons. The molecule has 1 aliphatic carbocycles. The Balaban J connectivity index is 1.55. The predicted molar refractivity (Wildman–Crippen MR) is 123 cm³/mol. The number of nitrogens with zero attached hydrogens (tertiary/aromatic N) is 4. The van der Waals surface area contributed by atoms with E-state index in [1.54, 1.807) is 18.3 Å². The Morgan fingerprint density at radius 3 is 2.47 bits per heavy atom. The molecule has 1 aliphatic rings. The summed E-state index contributed by atoms with van der Waals surface area (Å²) in [7, 11) is 0. The first-order valence-electron chi connectivity index (χ1n) is 10.8. The monoisotopic (exact) mass is 432 g/mol. The maximum absolute atomic E-state index is 13.2. The lowest BCUT2D eigenvalue weighted by molar-refractivity contribution is 0.112. The molecule has 3 N–H and O–H groups in total. The second-order valence-electron chi connectivity index (χ2n) is 8.24. The number of rotatable bonds is 5. The van der Waals surface area contributed by atoms with E-state index in [1.165, 1.54) is 12.1 Å². The quantitative estimate of drug-likeness (QED) is 0.400. The SMILES string of the molecule is Cc1ccccc1Nc1nc2cnc(Nc3ccc(F)cc3)nc2n1C1CCC(O)CC1. The van der Waals surface area contributed by atoms with Crippen LogP contribution in [0.5, 0.6) is 0 Å². The fraction of sp³-hybridized carbons (Fsp3) is 0.292. The standard InChI is InChI=1S/C24H25FN6O/c1-15-4-2-3-5-20(15)28-24-29-21-14-26-23(27-17-8-6-16(25)7-9-17)30-22(21)31(24)18-10-12-19(32)13-11-18/h2-9,14,18-19,32H,10-13H2,1H3,(H,28,29)(H,26,27,30). The molecule has 7 nitrogen and oxygen atoms in total. The molecule has 8 heteroatoms. The van der Waals surface area contributed by atoms with Crippen molar-refractivity contribution in [2.24, 2.45) is 0 Å². The third kappa shape index (κ3) is 4.13. The zero-order valence-corrected chi connectivity index (χ0v) is 17.8. The Morgan fingerprint density at radius 2 is 1.72 bits per heavy atom. The van der Waals surface area contributed by atoms with E-state index in [2.05, 4.69) is 33.2 Å². The number of hydrogen-bond donors (Lipinski definition) is 3. The van der Waals surface area contributed by atoms with Gasteiger partial charge in [-0.15, -0.1) is 0 Å². The van der Waals surface area contributed by atoms with E-state index in [-0.39, 0.29) is 18.0 Å².